The zero-order valence-electron chi connectivity index (χ0n) is 10.4. The van der Waals surface area contributed by atoms with Crippen LogP contribution in [0.5, 0.6) is 0 Å². The van der Waals surface area contributed by atoms with Crippen LogP contribution in [0, 0.1) is 6.92 Å². The van der Waals surface area contributed by atoms with Gasteiger partial charge in [-0.3, -0.25) is 0 Å². The number of benzene rings is 1. The highest BCUT2D eigenvalue weighted by Gasteiger charge is 2.10. The van der Waals surface area contributed by atoms with E-state index in [0.29, 0.717) is 5.92 Å². The molecule has 16 heavy (non-hydrogen) atoms. The molecule has 1 aromatic carbocycles. The van der Waals surface area contributed by atoms with E-state index >= 15 is 0 Å². The highest BCUT2D eigenvalue weighted by atomic mass is 32.2. The van der Waals surface area contributed by atoms with E-state index in [-0.39, 0.29) is 0 Å². The van der Waals surface area contributed by atoms with Crippen LogP contribution in [0.4, 0.5) is 0 Å². The van der Waals surface area contributed by atoms with Crippen molar-refractivity contribution < 1.29 is 0 Å². The molecule has 0 saturated heterocycles. The number of hydrogen-bond acceptors (Lipinski definition) is 2. The summed E-state index contributed by atoms with van der Waals surface area (Å²) in [5.41, 5.74) is 8.69. The van der Waals surface area contributed by atoms with E-state index in [2.05, 4.69) is 38.1 Å². The summed E-state index contributed by atoms with van der Waals surface area (Å²) in [6.45, 7) is 5.16. The lowest BCUT2D eigenvalue weighted by atomic mass is 9.91. The first-order valence-corrected chi connectivity index (χ1v) is 7.28. The van der Waals surface area contributed by atoms with Crippen LogP contribution in [0.15, 0.2) is 24.3 Å². The molecule has 1 atom stereocenters. The van der Waals surface area contributed by atoms with Crippen molar-refractivity contribution in [2.45, 2.75) is 32.6 Å². The Morgan fingerprint density at radius 3 is 2.69 bits per heavy atom. The minimum Gasteiger partial charge on any atom is -0.330 e. The van der Waals surface area contributed by atoms with E-state index in [9.17, 15) is 0 Å². The molecule has 90 valence electrons. The fourth-order valence-corrected chi connectivity index (χ4v) is 2.68. The van der Waals surface area contributed by atoms with Crippen molar-refractivity contribution in [3.8, 4) is 0 Å². The van der Waals surface area contributed by atoms with Gasteiger partial charge in [0, 0.05) is 0 Å². The van der Waals surface area contributed by atoms with E-state index in [0.717, 1.165) is 6.54 Å². The fraction of sp³-hybridized carbons (Fsp3) is 0.571. The summed E-state index contributed by atoms with van der Waals surface area (Å²) in [6.07, 6.45) is 2.49. The summed E-state index contributed by atoms with van der Waals surface area (Å²) in [5.74, 6) is 3.02. The third kappa shape index (κ3) is 4.18. The summed E-state index contributed by atoms with van der Waals surface area (Å²) in [7, 11) is 0. The van der Waals surface area contributed by atoms with Gasteiger partial charge < -0.3 is 5.73 Å². The van der Waals surface area contributed by atoms with E-state index < -0.39 is 0 Å². The average molecular weight is 237 g/mol. The Kier molecular flexibility index (Phi) is 6.58. The van der Waals surface area contributed by atoms with E-state index in [4.69, 9.17) is 5.73 Å². The van der Waals surface area contributed by atoms with Gasteiger partial charge in [-0.25, -0.2) is 0 Å². The van der Waals surface area contributed by atoms with Gasteiger partial charge in [-0.2, -0.15) is 11.8 Å². The molecule has 0 aromatic heterocycles. The Labute approximate surface area is 104 Å². The van der Waals surface area contributed by atoms with Crippen LogP contribution in [-0.4, -0.2) is 18.1 Å². The van der Waals surface area contributed by atoms with Crippen molar-refractivity contribution in [3.63, 3.8) is 0 Å². The quantitative estimate of drug-likeness (QED) is 0.734. The summed E-state index contributed by atoms with van der Waals surface area (Å²) < 4.78 is 0. The molecule has 0 amide bonds. The monoisotopic (exact) mass is 237 g/mol. The van der Waals surface area contributed by atoms with Crippen LogP contribution < -0.4 is 5.73 Å². The molecule has 0 fully saturated rings. The third-order valence-electron chi connectivity index (χ3n) is 2.96. The topological polar surface area (TPSA) is 26.0 Å². The van der Waals surface area contributed by atoms with Gasteiger partial charge in [0.15, 0.2) is 0 Å². The normalized spacial score (nSPS) is 12.7. The molecule has 1 unspecified atom stereocenters. The van der Waals surface area contributed by atoms with Crippen molar-refractivity contribution >= 4 is 11.8 Å². The Bertz CT molecular complexity index is 299. The molecule has 1 rings (SSSR count). The lowest BCUT2D eigenvalue weighted by molar-refractivity contribution is 0.623. The first-order chi connectivity index (χ1) is 7.79. The molecule has 0 radical (unpaired) electrons. The van der Waals surface area contributed by atoms with Crippen LogP contribution in [0.25, 0.3) is 0 Å². The fourth-order valence-electron chi connectivity index (χ4n) is 2.02. The highest BCUT2D eigenvalue weighted by molar-refractivity contribution is 7.99. The van der Waals surface area contributed by atoms with E-state index in [1.807, 2.05) is 11.8 Å². The summed E-state index contributed by atoms with van der Waals surface area (Å²) in [5, 5.41) is 0. The van der Waals surface area contributed by atoms with Gasteiger partial charge in [0.1, 0.15) is 0 Å². The van der Waals surface area contributed by atoms with Crippen LogP contribution in [-0.2, 0) is 0 Å². The summed E-state index contributed by atoms with van der Waals surface area (Å²) >= 11 is 2.02. The highest BCUT2D eigenvalue weighted by Crippen LogP contribution is 2.24. The number of rotatable bonds is 7. The predicted molar refractivity (Wildman–Crippen MR) is 75.2 cm³/mol. The maximum atomic E-state index is 5.88. The molecular formula is C14H23NS. The second kappa shape index (κ2) is 7.75. The first-order valence-electron chi connectivity index (χ1n) is 6.13. The molecule has 0 spiro atoms. The molecule has 2 N–H and O–H groups in total. The van der Waals surface area contributed by atoms with Crippen molar-refractivity contribution in [2.75, 3.05) is 18.1 Å². The second-order valence-electron chi connectivity index (χ2n) is 4.13. The van der Waals surface area contributed by atoms with E-state index in [1.54, 1.807) is 0 Å². The van der Waals surface area contributed by atoms with Crippen molar-refractivity contribution in [1.82, 2.24) is 0 Å². The van der Waals surface area contributed by atoms with Crippen molar-refractivity contribution in [3.05, 3.63) is 35.4 Å². The predicted octanol–water partition coefficient (Wildman–Crippen LogP) is 3.57. The molecule has 1 aromatic rings. The van der Waals surface area contributed by atoms with Gasteiger partial charge in [-0.1, -0.05) is 31.2 Å². The summed E-state index contributed by atoms with van der Waals surface area (Å²) in [6, 6.07) is 8.61. The second-order valence-corrected chi connectivity index (χ2v) is 5.52. The molecule has 0 heterocycles. The molecule has 2 heteroatoms. The summed E-state index contributed by atoms with van der Waals surface area (Å²) in [4.78, 5) is 0. The lowest BCUT2D eigenvalue weighted by Gasteiger charge is -2.17. The molecular weight excluding hydrogens is 214 g/mol. The van der Waals surface area contributed by atoms with E-state index in [1.165, 1.54) is 35.5 Å². The Morgan fingerprint density at radius 1 is 1.31 bits per heavy atom. The molecule has 1 nitrogen and oxygen atoms in total. The number of aryl methyl sites for hydroxylation is 1. The molecule has 0 aliphatic heterocycles. The van der Waals surface area contributed by atoms with Gasteiger partial charge in [0.25, 0.3) is 0 Å². The zero-order chi connectivity index (χ0) is 11.8. The maximum absolute atomic E-state index is 5.88. The van der Waals surface area contributed by atoms with Crippen LogP contribution in [0.1, 0.15) is 36.8 Å². The lowest BCUT2D eigenvalue weighted by Crippen LogP contribution is -2.13. The molecule has 0 saturated carbocycles. The van der Waals surface area contributed by atoms with Crippen LogP contribution >= 0.6 is 11.8 Å². The van der Waals surface area contributed by atoms with Crippen molar-refractivity contribution in [2.24, 2.45) is 5.73 Å². The van der Waals surface area contributed by atoms with Gasteiger partial charge in [-0.05, 0) is 54.9 Å². The smallest absolute Gasteiger partial charge is 0.000813 e. The van der Waals surface area contributed by atoms with Gasteiger partial charge in [0.05, 0.1) is 0 Å². The Hall–Kier alpha value is -0.470. The number of thioether (sulfide) groups is 1. The largest absolute Gasteiger partial charge is 0.330 e. The minimum atomic E-state index is 0.540. The maximum Gasteiger partial charge on any atom is -0.000813 e. The van der Waals surface area contributed by atoms with Crippen molar-refractivity contribution in [1.29, 1.82) is 0 Å². The third-order valence-corrected chi connectivity index (χ3v) is 3.94. The number of hydrogen-bond donors (Lipinski definition) is 1. The zero-order valence-corrected chi connectivity index (χ0v) is 11.2. The molecule has 0 bridgehead atoms. The average Bonchev–Trinajstić information content (AvgIpc) is 2.31. The SMILES string of the molecule is CCSCCCC(CN)c1ccccc1C. The van der Waals surface area contributed by atoms with Gasteiger partial charge >= 0.3 is 0 Å². The van der Waals surface area contributed by atoms with Gasteiger partial charge in [0.2, 0.25) is 0 Å². The Morgan fingerprint density at radius 2 is 2.06 bits per heavy atom. The first kappa shape index (κ1) is 13.6. The minimum absolute atomic E-state index is 0.540. The van der Waals surface area contributed by atoms with Crippen LogP contribution in [0.2, 0.25) is 0 Å². The number of nitrogens with two attached hydrogens (primary N) is 1. The molecule has 0 aliphatic carbocycles. The van der Waals surface area contributed by atoms with Gasteiger partial charge in [-0.15, -0.1) is 0 Å². The molecule has 0 aliphatic rings. The standard InChI is InChI=1S/C14H23NS/c1-3-16-10-6-8-13(11-15)14-9-5-4-7-12(14)2/h4-5,7,9,13H,3,6,8,10-11,15H2,1-2H3. The van der Waals surface area contributed by atoms with Crippen LogP contribution in [0.3, 0.4) is 0 Å². The Balaban J connectivity index is 2.51.